The van der Waals surface area contributed by atoms with Gasteiger partial charge in [0.15, 0.2) is 5.82 Å². The van der Waals surface area contributed by atoms with Gasteiger partial charge in [-0.05, 0) is 63.6 Å². The SMILES string of the molecule is CC(C)(C)OC(=O)N1C[C@H]2C[C@@H]1CN2C(=O)c1ccc2[nH]nc(-c3nc4ccc(N5CCOCC5)cc4[nH]3)c2c1. The molecule has 208 valence electrons. The molecular weight excluding hydrogens is 510 g/mol. The molecule has 0 saturated carbocycles. The third kappa shape index (κ3) is 4.34. The van der Waals surface area contributed by atoms with Gasteiger partial charge in [0.1, 0.15) is 11.3 Å². The third-order valence-corrected chi connectivity index (χ3v) is 8.01. The van der Waals surface area contributed by atoms with Crippen LogP contribution in [-0.4, -0.2) is 99.0 Å². The van der Waals surface area contributed by atoms with Crippen LogP contribution in [0, 0.1) is 0 Å². The molecule has 2 aromatic carbocycles. The van der Waals surface area contributed by atoms with E-state index in [1.165, 1.54) is 0 Å². The van der Waals surface area contributed by atoms with Gasteiger partial charge >= 0.3 is 6.09 Å². The van der Waals surface area contributed by atoms with Crippen LogP contribution in [0.15, 0.2) is 36.4 Å². The molecule has 0 radical (unpaired) electrons. The number of aromatic amines is 2. The molecule has 5 heterocycles. The highest BCUT2D eigenvalue weighted by Crippen LogP contribution is 2.34. The van der Waals surface area contributed by atoms with Gasteiger partial charge in [-0.15, -0.1) is 0 Å². The Morgan fingerprint density at radius 2 is 1.77 bits per heavy atom. The van der Waals surface area contributed by atoms with Crippen LogP contribution < -0.4 is 4.90 Å². The van der Waals surface area contributed by atoms with Crippen LogP contribution in [0.4, 0.5) is 10.5 Å². The maximum Gasteiger partial charge on any atom is 0.410 e. The molecule has 11 nitrogen and oxygen atoms in total. The van der Waals surface area contributed by atoms with E-state index in [1.54, 1.807) is 4.90 Å². The van der Waals surface area contributed by atoms with Gasteiger partial charge in [0.25, 0.3) is 5.91 Å². The highest BCUT2D eigenvalue weighted by Gasteiger charge is 2.48. The van der Waals surface area contributed by atoms with Crippen LogP contribution in [0.2, 0.25) is 0 Å². The van der Waals surface area contributed by atoms with Gasteiger partial charge in [0.05, 0.1) is 41.8 Å². The van der Waals surface area contributed by atoms with Crippen LogP contribution in [0.3, 0.4) is 0 Å². The van der Waals surface area contributed by atoms with Crippen LogP contribution in [0.1, 0.15) is 37.6 Å². The minimum Gasteiger partial charge on any atom is -0.444 e. The van der Waals surface area contributed by atoms with Crippen molar-refractivity contribution in [3.8, 4) is 11.5 Å². The van der Waals surface area contributed by atoms with E-state index in [9.17, 15) is 9.59 Å². The molecule has 3 saturated heterocycles. The van der Waals surface area contributed by atoms with E-state index < -0.39 is 5.60 Å². The van der Waals surface area contributed by atoms with E-state index in [0.29, 0.717) is 30.2 Å². The molecular formula is C29H33N7O4. The van der Waals surface area contributed by atoms with Crippen LogP contribution in [-0.2, 0) is 9.47 Å². The van der Waals surface area contributed by atoms with Gasteiger partial charge in [-0.1, -0.05) is 0 Å². The molecule has 0 unspecified atom stereocenters. The van der Waals surface area contributed by atoms with Crippen molar-refractivity contribution in [2.75, 3.05) is 44.3 Å². The summed E-state index contributed by atoms with van der Waals surface area (Å²) in [6.07, 6.45) is 0.467. The van der Waals surface area contributed by atoms with E-state index in [0.717, 1.165) is 60.3 Å². The summed E-state index contributed by atoms with van der Waals surface area (Å²) in [5.41, 5.74) is 4.49. The number of piperazine rings is 1. The van der Waals surface area contributed by atoms with Crippen molar-refractivity contribution in [3.05, 3.63) is 42.0 Å². The van der Waals surface area contributed by atoms with Gasteiger partial charge in [-0.2, -0.15) is 5.10 Å². The minimum atomic E-state index is -0.545. The lowest BCUT2D eigenvalue weighted by molar-refractivity contribution is 0.0126. The van der Waals surface area contributed by atoms with Crippen molar-refractivity contribution in [1.82, 2.24) is 30.0 Å². The fourth-order valence-electron chi connectivity index (χ4n) is 6.08. The average Bonchev–Trinajstić information content (AvgIpc) is 3.73. The number of carbonyl (C=O) groups is 2. The van der Waals surface area contributed by atoms with E-state index in [-0.39, 0.29) is 24.1 Å². The van der Waals surface area contributed by atoms with Crippen molar-refractivity contribution < 1.29 is 19.1 Å². The molecule has 4 aromatic rings. The number of anilines is 1. The zero-order chi connectivity index (χ0) is 27.6. The Morgan fingerprint density at radius 1 is 1.00 bits per heavy atom. The highest BCUT2D eigenvalue weighted by atomic mass is 16.6. The highest BCUT2D eigenvalue weighted by molar-refractivity contribution is 6.01. The largest absolute Gasteiger partial charge is 0.444 e. The van der Waals surface area contributed by atoms with Crippen molar-refractivity contribution in [2.24, 2.45) is 0 Å². The number of nitrogens with one attached hydrogen (secondary N) is 2. The van der Waals surface area contributed by atoms with Gasteiger partial charge < -0.3 is 29.2 Å². The smallest absolute Gasteiger partial charge is 0.410 e. The maximum absolute atomic E-state index is 13.6. The number of hydrogen-bond donors (Lipinski definition) is 2. The molecule has 2 N–H and O–H groups in total. The predicted octanol–water partition coefficient (Wildman–Crippen LogP) is 3.78. The first-order valence-electron chi connectivity index (χ1n) is 13.8. The number of imidazole rings is 1. The number of morpholine rings is 1. The molecule has 0 aliphatic carbocycles. The number of rotatable bonds is 3. The van der Waals surface area contributed by atoms with Gasteiger partial charge in [0.2, 0.25) is 0 Å². The number of ether oxygens (including phenoxy) is 2. The summed E-state index contributed by atoms with van der Waals surface area (Å²) in [7, 11) is 0. The molecule has 3 aliphatic rings. The topological polar surface area (TPSA) is 120 Å². The second-order valence-electron chi connectivity index (χ2n) is 11.9. The molecule has 2 aromatic heterocycles. The van der Waals surface area contributed by atoms with E-state index in [1.807, 2.05) is 49.9 Å². The number of amides is 2. The Morgan fingerprint density at radius 3 is 2.52 bits per heavy atom. The summed E-state index contributed by atoms with van der Waals surface area (Å²) in [6.45, 7) is 9.79. The number of hydrogen-bond acceptors (Lipinski definition) is 7. The molecule has 2 bridgehead atoms. The minimum absolute atomic E-state index is 0.0134. The maximum atomic E-state index is 13.6. The lowest BCUT2D eigenvalue weighted by Gasteiger charge is -2.35. The zero-order valence-corrected chi connectivity index (χ0v) is 22.9. The van der Waals surface area contributed by atoms with Crippen LogP contribution in [0.25, 0.3) is 33.5 Å². The third-order valence-electron chi connectivity index (χ3n) is 8.01. The standard InChI is InChI=1S/C29H33N7O4/c1-29(2,3)40-28(38)36-16-19-13-20(36)15-35(19)27(37)17-4-6-22-21(12-17)25(33-32-22)26-30-23-7-5-18(14-24(23)31-26)34-8-10-39-11-9-34/h4-7,12,14,19-20H,8-11,13,15-16H2,1-3H3,(H,30,31)(H,32,33)/t19-,20-/m1/s1. The van der Waals surface area contributed by atoms with E-state index in [4.69, 9.17) is 14.5 Å². The number of carbonyl (C=O) groups excluding carboxylic acids is 2. The molecule has 0 spiro atoms. The van der Waals surface area contributed by atoms with Crippen molar-refractivity contribution in [2.45, 2.75) is 44.9 Å². The summed E-state index contributed by atoms with van der Waals surface area (Å²) < 4.78 is 11.0. The normalized spacial score (nSPS) is 21.1. The van der Waals surface area contributed by atoms with Gasteiger partial charge in [-0.25, -0.2) is 9.78 Å². The van der Waals surface area contributed by atoms with Gasteiger partial charge in [-0.3, -0.25) is 9.89 Å². The first-order valence-corrected chi connectivity index (χ1v) is 13.8. The summed E-state index contributed by atoms with van der Waals surface area (Å²) in [4.78, 5) is 40.4. The molecule has 7 rings (SSSR count). The number of likely N-dealkylation sites (tertiary alicyclic amines) is 2. The monoisotopic (exact) mass is 543 g/mol. The Hall–Kier alpha value is -4.12. The Labute approximate surface area is 231 Å². The second kappa shape index (κ2) is 9.22. The molecule has 2 atom stereocenters. The summed E-state index contributed by atoms with van der Waals surface area (Å²) in [6, 6.07) is 11.8. The molecule has 3 fully saturated rings. The Balaban J connectivity index is 1.12. The quantitative estimate of drug-likeness (QED) is 0.404. The molecule has 11 heteroatoms. The number of H-pyrrole nitrogens is 2. The van der Waals surface area contributed by atoms with Crippen LogP contribution >= 0.6 is 0 Å². The number of fused-ring (bicyclic) bond motifs is 4. The average molecular weight is 544 g/mol. The van der Waals surface area contributed by atoms with E-state index in [2.05, 4.69) is 32.2 Å². The summed E-state index contributed by atoms with van der Waals surface area (Å²) in [5, 5.41) is 8.45. The van der Waals surface area contributed by atoms with Crippen molar-refractivity contribution >= 4 is 39.6 Å². The number of nitrogens with zero attached hydrogens (tertiary/aromatic N) is 5. The van der Waals surface area contributed by atoms with Crippen LogP contribution in [0.5, 0.6) is 0 Å². The van der Waals surface area contributed by atoms with Crippen molar-refractivity contribution in [1.29, 1.82) is 0 Å². The summed E-state index contributed by atoms with van der Waals surface area (Å²) >= 11 is 0. The number of benzene rings is 2. The fraction of sp³-hybridized carbons (Fsp3) is 0.448. The first-order chi connectivity index (χ1) is 19.2. The van der Waals surface area contributed by atoms with Gasteiger partial charge in [0, 0.05) is 42.8 Å². The Bertz CT molecular complexity index is 1610. The molecule has 40 heavy (non-hydrogen) atoms. The first kappa shape index (κ1) is 24.9. The second-order valence-corrected chi connectivity index (χ2v) is 11.9. The van der Waals surface area contributed by atoms with Crippen molar-refractivity contribution in [3.63, 3.8) is 0 Å². The van der Waals surface area contributed by atoms with E-state index >= 15 is 0 Å². The predicted molar refractivity (Wildman–Crippen MR) is 150 cm³/mol. The zero-order valence-electron chi connectivity index (χ0n) is 22.9. The number of aromatic nitrogens is 4. The lowest BCUT2D eigenvalue weighted by atomic mass is 10.1. The molecule has 3 aliphatic heterocycles. The fourth-order valence-corrected chi connectivity index (χ4v) is 6.08. The Kier molecular flexibility index (Phi) is 5.74. The summed E-state index contributed by atoms with van der Waals surface area (Å²) in [5.74, 6) is 0.614. The lowest BCUT2D eigenvalue weighted by Crippen LogP contribution is -2.51. The molecule has 2 amide bonds.